The van der Waals surface area contributed by atoms with Crippen molar-refractivity contribution >= 4 is 25.5 Å². The number of amides is 1. The molecule has 2 aromatic carbocycles. The van der Waals surface area contributed by atoms with E-state index in [2.05, 4.69) is 0 Å². The van der Waals surface area contributed by atoms with Crippen LogP contribution in [0.3, 0.4) is 0 Å². The van der Waals surface area contributed by atoms with Crippen molar-refractivity contribution in [1.82, 2.24) is 4.90 Å². The van der Waals surface area contributed by atoms with Crippen molar-refractivity contribution in [3.63, 3.8) is 0 Å². The number of benzene rings is 2. The van der Waals surface area contributed by atoms with E-state index in [1.54, 1.807) is 17.0 Å². The second-order valence-corrected chi connectivity index (χ2v) is 5.12. The first-order valence-electron chi connectivity index (χ1n) is 7.04. The number of carbonyl (C=O) groups is 2. The predicted octanol–water partition coefficient (Wildman–Crippen LogP) is 1.33. The summed E-state index contributed by atoms with van der Waals surface area (Å²) in [6, 6.07) is 12.9. The van der Waals surface area contributed by atoms with E-state index in [-0.39, 0.29) is 16.9 Å². The van der Waals surface area contributed by atoms with E-state index in [1.165, 1.54) is 0 Å². The summed E-state index contributed by atoms with van der Waals surface area (Å²) < 4.78 is 5.61. The molecule has 4 nitrogen and oxygen atoms in total. The van der Waals surface area contributed by atoms with Crippen LogP contribution >= 0.6 is 0 Å². The van der Waals surface area contributed by atoms with Crippen LogP contribution in [0.1, 0.15) is 26.3 Å². The van der Waals surface area contributed by atoms with Crippen LogP contribution in [0, 0.1) is 0 Å². The number of carbonyl (C=O) groups excluding carboxylic acids is 2. The lowest BCUT2D eigenvalue weighted by Gasteiger charge is -2.21. The minimum absolute atomic E-state index is 0.178. The first-order valence-corrected chi connectivity index (χ1v) is 7.04. The van der Waals surface area contributed by atoms with Gasteiger partial charge >= 0.3 is 0 Å². The Morgan fingerprint density at radius 1 is 1.18 bits per heavy atom. The van der Waals surface area contributed by atoms with Gasteiger partial charge in [0.25, 0.3) is 5.91 Å². The highest BCUT2D eigenvalue weighted by atomic mass is 16.5. The molecule has 0 aliphatic carbocycles. The molecule has 0 aromatic heterocycles. The van der Waals surface area contributed by atoms with Crippen LogP contribution in [0.4, 0.5) is 0 Å². The summed E-state index contributed by atoms with van der Waals surface area (Å²) in [5.41, 5.74) is 1.79. The summed E-state index contributed by atoms with van der Waals surface area (Å²) in [4.78, 5) is 25.5. The minimum atomic E-state index is -0.211. The quantitative estimate of drug-likeness (QED) is 0.633. The monoisotopic (exact) mass is 291 g/mol. The van der Waals surface area contributed by atoms with Crippen LogP contribution < -0.4 is 10.2 Å². The number of hydrogen-bond donors (Lipinski definition) is 0. The molecule has 108 valence electrons. The lowest BCUT2D eigenvalue weighted by molar-refractivity contribution is 0.0744. The van der Waals surface area contributed by atoms with Gasteiger partial charge in [0.2, 0.25) is 0 Å². The maximum absolute atomic E-state index is 12.8. The standard InChI is InChI=1S/C17H14BNO3/c18-16-13(11-20)6-7-14-15(16)17(21)19(8-9-22-14)10-12-4-2-1-3-5-12/h1-7,11H,8-10H2. The summed E-state index contributed by atoms with van der Waals surface area (Å²) >= 11 is 0. The van der Waals surface area contributed by atoms with Gasteiger partial charge in [0.05, 0.1) is 12.1 Å². The molecule has 1 aliphatic rings. The van der Waals surface area contributed by atoms with Crippen molar-refractivity contribution in [3.8, 4) is 5.75 Å². The lowest BCUT2D eigenvalue weighted by Crippen LogP contribution is -2.34. The molecule has 0 saturated heterocycles. The molecule has 22 heavy (non-hydrogen) atoms. The third-order valence-corrected chi connectivity index (χ3v) is 3.70. The molecule has 5 heteroatoms. The molecule has 3 rings (SSSR count). The Bertz CT molecular complexity index is 715. The number of ether oxygens (including phenoxy) is 1. The van der Waals surface area contributed by atoms with Crippen LogP contribution in [-0.2, 0) is 6.54 Å². The van der Waals surface area contributed by atoms with E-state index in [1.807, 2.05) is 30.3 Å². The number of nitrogens with zero attached hydrogens (tertiary/aromatic N) is 1. The Labute approximate surface area is 130 Å². The first kappa shape index (κ1) is 14.4. The predicted molar refractivity (Wildman–Crippen MR) is 83.9 cm³/mol. The van der Waals surface area contributed by atoms with Gasteiger partial charge in [-0.1, -0.05) is 35.8 Å². The highest BCUT2D eigenvalue weighted by Crippen LogP contribution is 2.23. The minimum Gasteiger partial charge on any atom is -0.491 e. The summed E-state index contributed by atoms with van der Waals surface area (Å²) in [6.07, 6.45) is 0.648. The van der Waals surface area contributed by atoms with Gasteiger partial charge in [-0.2, -0.15) is 0 Å². The van der Waals surface area contributed by atoms with Crippen molar-refractivity contribution < 1.29 is 14.3 Å². The van der Waals surface area contributed by atoms with Crippen LogP contribution in [0.5, 0.6) is 5.75 Å². The first-order chi connectivity index (χ1) is 10.7. The van der Waals surface area contributed by atoms with Gasteiger partial charge in [0.15, 0.2) is 0 Å². The van der Waals surface area contributed by atoms with Gasteiger partial charge in [-0.15, -0.1) is 0 Å². The Kier molecular flexibility index (Phi) is 3.96. The highest BCUT2D eigenvalue weighted by molar-refractivity contribution is 6.39. The molecule has 2 aromatic rings. The fourth-order valence-corrected chi connectivity index (χ4v) is 2.54. The fraction of sp³-hybridized carbons (Fsp3) is 0.176. The third-order valence-electron chi connectivity index (χ3n) is 3.70. The Morgan fingerprint density at radius 3 is 2.68 bits per heavy atom. The zero-order valence-corrected chi connectivity index (χ0v) is 12.0. The van der Waals surface area contributed by atoms with Gasteiger partial charge in [-0.05, 0) is 17.7 Å². The van der Waals surface area contributed by atoms with Crippen molar-refractivity contribution in [2.75, 3.05) is 13.2 Å². The second kappa shape index (κ2) is 6.06. The highest BCUT2D eigenvalue weighted by Gasteiger charge is 2.26. The van der Waals surface area contributed by atoms with Crippen LogP contribution in [-0.4, -0.2) is 38.1 Å². The fourth-order valence-electron chi connectivity index (χ4n) is 2.54. The molecule has 1 heterocycles. The van der Waals surface area contributed by atoms with Crippen molar-refractivity contribution in [3.05, 3.63) is 59.2 Å². The normalized spacial score (nSPS) is 14.0. The average Bonchev–Trinajstić information content (AvgIpc) is 2.69. The van der Waals surface area contributed by atoms with E-state index in [9.17, 15) is 9.59 Å². The van der Waals surface area contributed by atoms with Crippen molar-refractivity contribution in [2.24, 2.45) is 0 Å². The SMILES string of the molecule is [B]c1c(C=O)ccc2c1C(=O)N(Cc1ccccc1)CCO2. The summed E-state index contributed by atoms with van der Waals surface area (Å²) in [5, 5.41) is 0. The van der Waals surface area contributed by atoms with Crippen molar-refractivity contribution in [2.45, 2.75) is 6.54 Å². The summed E-state index contributed by atoms with van der Waals surface area (Å²) in [7, 11) is 5.97. The van der Waals surface area contributed by atoms with E-state index in [4.69, 9.17) is 12.6 Å². The Morgan fingerprint density at radius 2 is 1.95 bits per heavy atom. The van der Waals surface area contributed by atoms with Gasteiger partial charge in [-0.3, -0.25) is 9.59 Å². The zero-order valence-electron chi connectivity index (χ0n) is 12.0. The third kappa shape index (κ3) is 2.62. The Hall–Kier alpha value is -2.56. The molecule has 0 bridgehead atoms. The largest absolute Gasteiger partial charge is 0.491 e. The van der Waals surface area contributed by atoms with Crippen molar-refractivity contribution in [1.29, 1.82) is 0 Å². The molecule has 0 atom stereocenters. The smallest absolute Gasteiger partial charge is 0.257 e. The topological polar surface area (TPSA) is 46.6 Å². The molecule has 0 fully saturated rings. The van der Waals surface area contributed by atoms with Gasteiger partial charge in [0, 0.05) is 12.1 Å². The molecule has 1 amide bonds. The van der Waals surface area contributed by atoms with Crippen LogP contribution in [0.2, 0.25) is 0 Å². The number of aldehydes is 1. The number of hydrogen-bond acceptors (Lipinski definition) is 3. The molecule has 1 aliphatic heterocycles. The number of fused-ring (bicyclic) bond motifs is 1. The van der Waals surface area contributed by atoms with Gasteiger partial charge in [0.1, 0.15) is 26.5 Å². The molecular formula is C17H14BNO3. The molecule has 2 radical (unpaired) electrons. The van der Waals surface area contributed by atoms with Crippen LogP contribution in [0.25, 0.3) is 0 Å². The molecule has 0 spiro atoms. The summed E-state index contributed by atoms with van der Waals surface area (Å²) in [6.45, 7) is 1.34. The average molecular weight is 291 g/mol. The molecule has 0 unspecified atom stereocenters. The Balaban J connectivity index is 1.97. The molecule has 0 saturated carbocycles. The van der Waals surface area contributed by atoms with E-state index in [0.717, 1.165) is 5.56 Å². The lowest BCUT2D eigenvalue weighted by atomic mass is 9.85. The maximum Gasteiger partial charge on any atom is 0.257 e. The molecule has 0 N–H and O–H groups in total. The van der Waals surface area contributed by atoms with E-state index in [0.29, 0.717) is 37.3 Å². The maximum atomic E-state index is 12.8. The second-order valence-electron chi connectivity index (χ2n) is 5.12. The van der Waals surface area contributed by atoms with Gasteiger partial charge in [-0.25, -0.2) is 0 Å². The van der Waals surface area contributed by atoms with Crippen LogP contribution in [0.15, 0.2) is 42.5 Å². The van der Waals surface area contributed by atoms with E-state index >= 15 is 0 Å². The van der Waals surface area contributed by atoms with Gasteiger partial charge < -0.3 is 9.64 Å². The number of rotatable bonds is 3. The summed E-state index contributed by atoms with van der Waals surface area (Å²) in [5.74, 6) is 0.223. The zero-order chi connectivity index (χ0) is 15.5. The molecular weight excluding hydrogens is 277 g/mol. The van der Waals surface area contributed by atoms with E-state index < -0.39 is 0 Å².